The van der Waals surface area contributed by atoms with Crippen LogP contribution < -0.4 is 10.9 Å². The van der Waals surface area contributed by atoms with Crippen molar-refractivity contribution < 1.29 is 13.6 Å². The largest absolute Gasteiger partial charge is 0.348 e. The van der Waals surface area contributed by atoms with E-state index in [0.717, 1.165) is 22.6 Å². The molecule has 0 aliphatic rings. The van der Waals surface area contributed by atoms with E-state index in [9.17, 15) is 18.4 Å². The van der Waals surface area contributed by atoms with E-state index in [2.05, 4.69) is 10.3 Å². The summed E-state index contributed by atoms with van der Waals surface area (Å²) in [7, 11) is 0. The van der Waals surface area contributed by atoms with Crippen molar-refractivity contribution in [1.29, 1.82) is 0 Å². The molecule has 29 heavy (non-hydrogen) atoms. The molecule has 0 saturated heterocycles. The van der Waals surface area contributed by atoms with Crippen LogP contribution >= 0.6 is 22.7 Å². The standard InChI is InChI=1S/C20H15F2N3O2S2/c1-11(13-5-4-12(21)7-15(13)22)24-17(26)8-25-10-23-19-18(20(25)27)14(9-29-19)16-3-2-6-28-16/h2-7,9-11H,8H2,1H3,(H,24,26). The number of amides is 1. The quantitative estimate of drug-likeness (QED) is 0.511. The molecule has 4 aromatic rings. The summed E-state index contributed by atoms with van der Waals surface area (Å²) in [5.74, 6) is -1.90. The van der Waals surface area contributed by atoms with E-state index >= 15 is 0 Å². The Labute approximate surface area is 172 Å². The summed E-state index contributed by atoms with van der Waals surface area (Å²) >= 11 is 2.90. The number of rotatable bonds is 5. The highest BCUT2D eigenvalue weighted by atomic mass is 32.1. The second kappa shape index (κ2) is 7.84. The molecular formula is C20H15F2N3O2S2. The first-order chi connectivity index (χ1) is 13.9. The number of carbonyl (C=O) groups excluding carboxylic acids is 1. The molecule has 3 aromatic heterocycles. The van der Waals surface area contributed by atoms with E-state index in [1.165, 1.54) is 39.6 Å². The number of fused-ring (bicyclic) bond motifs is 1. The van der Waals surface area contributed by atoms with Gasteiger partial charge >= 0.3 is 0 Å². The lowest BCUT2D eigenvalue weighted by Gasteiger charge is -2.15. The van der Waals surface area contributed by atoms with E-state index in [-0.39, 0.29) is 17.7 Å². The van der Waals surface area contributed by atoms with E-state index in [1.807, 2.05) is 22.9 Å². The van der Waals surface area contributed by atoms with Crippen LogP contribution in [0.2, 0.25) is 0 Å². The van der Waals surface area contributed by atoms with E-state index in [4.69, 9.17) is 0 Å². The minimum Gasteiger partial charge on any atom is -0.348 e. The molecule has 148 valence electrons. The summed E-state index contributed by atoms with van der Waals surface area (Å²) < 4.78 is 28.2. The van der Waals surface area contributed by atoms with Crippen LogP contribution in [0, 0.1) is 11.6 Å². The summed E-state index contributed by atoms with van der Waals surface area (Å²) in [6, 6.07) is 6.33. The SMILES string of the molecule is CC(NC(=O)Cn1cnc2scc(-c3cccs3)c2c1=O)c1ccc(F)cc1F. The maximum atomic E-state index is 13.9. The Kier molecular flexibility index (Phi) is 5.25. The monoisotopic (exact) mass is 431 g/mol. The molecule has 0 radical (unpaired) electrons. The van der Waals surface area contributed by atoms with E-state index in [1.54, 1.807) is 6.92 Å². The number of thiophene rings is 2. The fourth-order valence-corrected chi connectivity index (χ4v) is 4.79. The van der Waals surface area contributed by atoms with Gasteiger partial charge in [0, 0.05) is 27.5 Å². The molecule has 1 amide bonds. The Bertz CT molecular complexity index is 1250. The van der Waals surface area contributed by atoms with Gasteiger partial charge in [-0.15, -0.1) is 22.7 Å². The molecule has 1 atom stereocenters. The Hall–Kier alpha value is -2.91. The fraction of sp³-hybridized carbons (Fsp3) is 0.150. The topological polar surface area (TPSA) is 64.0 Å². The molecule has 0 aliphatic heterocycles. The van der Waals surface area contributed by atoms with Crippen molar-refractivity contribution in [3.63, 3.8) is 0 Å². The zero-order chi connectivity index (χ0) is 20.5. The molecular weight excluding hydrogens is 416 g/mol. The number of nitrogens with one attached hydrogen (secondary N) is 1. The van der Waals surface area contributed by atoms with Gasteiger partial charge in [0.05, 0.1) is 17.8 Å². The third-order valence-corrected chi connectivity index (χ3v) is 6.26. The maximum Gasteiger partial charge on any atom is 0.263 e. The van der Waals surface area contributed by atoms with Gasteiger partial charge in [-0.2, -0.15) is 0 Å². The van der Waals surface area contributed by atoms with Gasteiger partial charge < -0.3 is 5.32 Å². The van der Waals surface area contributed by atoms with Gasteiger partial charge in [-0.25, -0.2) is 13.8 Å². The van der Waals surface area contributed by atoms with Crippen molar-refractivity contribution in [3.05, 3.63) is 75.0 Å². The second-order valence-corrected chi connectivity index (χ2v) is 8.25. The lowest BCUT2D eigenvalue weighted by molar-refractivity contribution is -0.122. The average Bonchev–Trinajstić information content (AvgIpc) is 3.33. The molecule has 5 nitrogen and oxygen atoms in total. The average molecular weight is 431 g/mol. The van der Waals surface area contributed by atoms with Crippen LogP contribution in [0.4, 0.5) is 8.78 Å². The van der Waals surface area contributed by atoms with Crippen molar-refractivity contribution in [2.24, 2.45) is 0 Å². The number of carbonyl (C=O) groups is 1. The zero-order valence-electron chi connectivity index (χ0n) is 15.2. The smallest absolute Gasteiger partial charge is 0.263 e. The molecule has 1 aromatic carbocycles. The number of halogens is 2. The molecule has 0 saturated carbocycles. The summed E-state index contributed by atoms with van der Waals surface area (Å²) in [5, 5.41) is 6.92. The van der Waals surface area contributed by atoms with Crippen molar-refractivity contribution in [2.45, 2.75) is 19.5 Å². The number of benzene rings is 1. The highest BCUT2D eigenvalue weighted by Crippen LogP contribution is 2.33. The van der Waals surface area contributed by atoms with Crippen molar-refractivity contribution in [2.75, 3.05) is 0 Å². The summed E-state index contributed by atoms with van der Waals surface area (Å²) in [4.78, 5) is 31.2. The third-order valence-electron chi connectivity index (χ3n) is 4.47. The van der Waals surface area contributed by atoms with Crippen LogP contribution in [0.1, 0.15) is 18.5 Å². The van der Waals surface area contributed by atoms with Gasteiger partial charge in [-0.05, 0) is 24.4 Å². The van der Waals surface area contributed by atoms with Gasteiger partial charge in [0.2, 0.25) is 5.91 Å². The first kappa shape index (κ1) is 19.4. The third kappa shape index (κ3) is 3.83. The molecule has 1 N–H and O–H groups in total. The van der Waals surface area contributed by atoms with Crippen LogP contribution in [0.3, 0.4) is 0 Å². The van der Waals surface area contributed by atoms with E-state index in [0.29, 0.717) is 10.2 Å². The number of aromatic nitrogens is 2. The van der Waals surface area contributed by atoms with Gasteiger partial charge in [0.1, 0.15) is 23.0 Å². The zero-order valence-corrected chi connectivity index (χ0v) is 16.8. The summed E-state index contributed by atoms with van der Waals surface area (Å²) in [5.41, 5.74) is 0.655. The Morgan fingerprint density at radius 2 is 2.10 bits per heavy atom. The minimum absolute atomic E-state index is 0.165. The normalized spacial score (nSPS) is 12.2. The molecule has 0 fully saturated rings. The molecule has 0 bridgehead atoms. The van der Waals surface area contributed by atoms with Gasteiger partial charge in [-0.1, -0.05) is 12.1 Å². The van der Waals surface area contributed by atoms with Crippen LogP contribution in [-0.4, -0.2) is 15.5 Å². The highest BCUT2D eigenvalue weighted by molar-refractivity contribution is 7.18. The van der Waals surface area contributed by atoms with Gasteiger partial charge in [0.25, 0.3) is 5.56 Å². The lowest BCUT2D eigenvalue weighted by atomic mass is 10.1. The highest BCUT2D eigenvalue weighted by Gasteiger charge is 2.17. The lowest BCUT2D eigenvalue weighted by Crippen LogP contribution is -2.34. The number of hydrogen-bond acceptors (Lipinski definition) is 5. The van der Waals surface area contributed by atoms with Crippen LogP contribution in [0.25, 0.3) is 20.7 Å². The number of nitrogens with zero attached hydrogens (tertiary/aromatic N) is 2. The van der Waals surface area contributed by atoms with Crippen LogP contribution in [-0.2, 0) is 11.3 Å². The van der Waals surface area contributed by atoms with Crippen molar-refractivity contribution in [3.8, 4) is 10.4 Å². The molecule has 1 unspecified atom stereocenters. The minimum atomic E-state index is -0.739. The van der Waals surface area contributed by atoms with Crippen molar-refractivity contribution >= 4 is 38.8 Å². The fourth-order valence-electron chi connectivity index (χ4n) is 3.07. The molecule has 0 spiro atoms. The molecule has 4 rings (SSSR count). The Balaban J connectivity index is 1.57. The predicted octanol–water partition coefficient (Wildman–Crippen LogP) is 4.34. The number of hydrogen-bond donors (Lipinski definition) is 1. The Morgan fingerprint density at radius 1 is 1.28 bits per heavy atom. The van der Waals surface area contributed by atoms with Gasteiger partial charge in [0.15, 0.2) is 0 Å². The Morgan fingerprint density at radius 3 is 2.83 bits per heavy atom. The predicted molar refractivity (Wildman–Crippen MR) is 110 cm³/mol. The summed E-state index contributed by atoms with van der Waals surface area (Å²) in [6.07, 6.45) is 1.34. The molecule has 0 aliphatic carbocycles. The van der Waals surface area contributed by atoms with Crippen molar-refractivity contribution in [1.82, 2.24) is 14.9 Å². The second-order valence-electron chi connectivity index (χ2n) is 6.44. The van der Waals surface area contributed by atoms with Crippen LogP contribution in [0.15, 0.2) is 52.2 Å². The molecule has 3 heterocycles. The summed E-state index contributed by atoms with van der Waals surface area (Å²) in [6.45, 7) is 1.33. The van der Waals surface area contributed by atoms with Crippen LogP contribution in [0.5, 0.6) is 0 Å². The van der Waals surface area contributed by atoms with E-state index < -0.39 is 23.6 Å². The maximum absolute atomic E-state index is 13.9. The first-order valence-corrected chi connectivity index (χ1v) is 10.4. The van der Waals surface area contributed by atoms with Gasteiger partial charge in [-0.3, -0.25) is 14.2 Å². The first-order valence-electron chi connectivity index (χ1n) is 8.69. The molecule has 9 heteroatoms.